The Morgan fingerprint density at radius 1 is 0.765 bits per heavy atom. The molecule has 4 nitrogen and oxygen atoms in total. The zero-order valence-corrected chi connectivity index (χ0v) is 20.2. The Morgan fingerprint density at radius 3 is 2.24 bits per heavy atom. The minimum Gasteiger partial charge on any atom is -0.493 e. The standard InChI is InChI=1S/C28H28FNO3.ClH/c1-31-27-13-9-20(17-28(27)32-2)15-16-30-18-25-24-6-4-3-5-22(24)10-14-26(25)33-19-21-7-11-23(29)12-8-21;/h3-14,17,30H,15-16,18-19H2,1-2H3;1H. The molecule has 1 N–H and O–H groups in total. The van der Waals surface area contributed by atoms with E-state index in [0.717, 1.165) is 46.7 Å². The maximum Gasteiger partial charge on any atom is 0.160 e. The van der Waals surface area contributed by atoms with E-state index in [-0.39, 0.29) is 18.2 Å². The highest BCUT2D eigenvalue weighted by atomic mass is 35.5. The molecule has 0 aromatic heterocycles. The van der Waals surface area contributed by atoms with E-state index in [1.165, 1.54) is 23.1 Å². The van der Waals surface area contributed by atoms with Crippen LogP contribution in [0.2, 0.25) is 0 Å². The molecule has 4 rings (SSSR count). The van der Waals surface area contributed by atoms with Crippen LogP contribution in [-0.2, 0) is 19.6 Å². The Hall–Kier alpha value is -3.28. The maximum absolute atomic E-state index is 13.2. The van der Waals surface area contributed by atoms with Crippen molar-refractivity contribution in [3.63, 3.8) is 0 Å². The van der Waals surface area contributed by atoms with Crippen LogP contribution in [0.15, 0.2) is 78.9 Å². The number of hydrogen-bond donors (Lipinski definition) is 1. The van der Waals surface area contributed by atoms with Crippen LogP contribution in [0, 0.1) is 5.82 Å². The summed E-state index contributed by atoms with van der Waals surface area (Å²) < 4.78 is 30.1. The first-order valence-corrected chi connectivity index (χ1v) is 11.0. The van der Waals surface area contributed by atoms with Crippen LogP contribution < -0.4 is 19.5 Å². The second-order valence-corrected chi connectivity index (χ2v) is 7.79. The molecule has 0 atom stereocenters. The highest BCUT2D eigenvalue weighted by Crippen LogP contribution is 2.29. The molecule has 4 aromatic carbocycles. The van der Waals surface area contributed by atoms with Crippen molar-refractivity contribution in [3.8, 4) is 17.2 Å². The van der Waals surface area contributed by atoms with Crippen molar-refractivity contribution in [2.24, 2.45) is 0 Å². The van der Waals surface area contributed by atoms with E-state index in [2.05, 4.69) is 29.6 Å². The smallest absolute Gasteiger partial charge is 0.160 e. The summed E-state index contributed by atoms with van der Waals surface area (Å²) >= 11 is 0. The molecule has 0 aliphatic carbocycles. The molecular formula is C28H29ClFNO3. The molecule has 0 spiro atoms. The molecule has 178 valence electrons. The van der Waals surface area contributed by atoms with Crippen molar-refractivity contribution in [1.82, 2.24) is 5.32 Å². The lowest BCUT2D eigenvalue weighted by molar-refractivity contribution is 0.302. The van der Waals surface area contributed by atoms with E-state index < -0.39 is 0 Å². The molecule has 34 heavy (non-hydrogen) atoms. The summed E-state index contributed by atoms with van der Waals surface area (Å²) in [5.74, 6) is 2.05. The fourth-order valence-electron chi connectivity index (χ4n) is 3.86. The van der Waals surface area contributed by atoms with Crippen molar-refractivity contribution >= 4 is 23.2 Å². The van der Waals surface area contributed by atoms with Crippen LogP contribution in [0.1, 0.15) is 16.7 Å². The highest BCUT2D eigenvalue weighted by Gasteiger charge is 2.10. The fraction of sp³-hybridized carbons (Fsp3) is 0.214. The number of halogens is 2. The van der Waals surface area contributed by atoms with Crippen LogP contribution in [0.5, 0.6) is 17.2 Å². The van der Waals surface area contributed by atoms with Gasteiger partial charge in [-0.3, -0.25) is 0 Å². The SMILES string of the molecule is COc1ccc(CCNCc2c(OCc3ccc(F)cc3)ccc3ccccc23)cc1OC.Cl. The molecule has 0 heterocycles. The van der Waals surface area contributed by atoms with Crippen LogP contribution in [0.25, 0.3) is 10.8 Å². The Labute approximate surface area is 206 Å². The second kappa shape index (κ2) is 12.3. The molecule has 0 aliphatic rings. The minimum absolute atomic E-state index is 0. The predicted molar refractivity (Wildman–Crippen MR) is 137 cm³/mol. The summed E-state index contributed by atoms with van der Waals surface area (Å²) in [5.41, 5.74) is 3.21. The molecule has 0 amide bonds. The minimum atomic E-state index is -0.246. The van der Waals surface area contributed by atoms with Crippen molar-refractivity contribution in [1.29, 1.82) is 0 Å². The summed E-state index contributed by atoms with van der Waals surface area (Å²) in [4.78, 5) is 0. The van der Waals surface area contributed by atoms with Crippen LogP contribution in [-0.4, -0.2) is 20.8 Å². The average Bonchev–Trinajstić information content (AvgIpc) is 2.86. The number of nitrogens with one attached hydrogen (secondary N) is 1. The average molecular weight is 482 g/mol. The van der Waals surface area contributed by atoms with Crippen LogP contribution in [0.4, 0.5) is 4.39 Å². The summed E-state index contributed by atoms with van der Waals surface area (Å²) in [6.07, 6.45) is 0.858. The zero-order valence-electron chi connectivity index (χ0n) is 19.3. The van der Waals surface area contributed by atoms with Gasteiger partial charge in [-0.2, -0.15) is 0 Å². The van der Waals surface area contributed by atoms with Crippen molar-refractivity contribution in [3.05, 3.63) is 101 Å². The lowest BCUT2D eigenvalue weighted by Crippen LogP contribution is -2.17. The van der Waals surface area contributed by atoms with Gasteiger partial charge in [-0.05, 0) is 65.2 Å². The monoisotopic (exact) mass is 481 g/mol. The van der Waals surface area contributed by atoms with Crippen LogP contribution in [0.3, 0.4) is 0 Å². The number of rotatable bonds is 10. The van der Waals surface area contributed by atoms with E-state index >= 15 is 0 Å². The summed E-state index contributed by atoms with van der Waals surface area (Å²) in [6, 6.07) is 24.8. The topological polar surface area (TPSA) is 39.7 Å². The van der Waals surface area contributed by atoms with Gasteiger partial charge in [-0.25, -0.2) is 4.39 Å². The van der Waals surface area contributed by atoms with E-state index in [1.807, 2.05) is 30.3 Å². The Balaban J connectivity index is 0.00000324. The van der Waals surface area contributed by atoms with Crippen molar-refractivity contribution < 1.29 is 18.6 Å². The molecule has 0 saturated carbocycles. The molecule has 4 aromatic rings. The number of fused-ring (bicyclic) bond motifs is 1. The molecule has 6 heteroatoms. The molecule has 0 unspecified atom stereocenters. The number of ether oxygens (including phenoxy) is 3. The van der Waals surface area contributed by atoms with E-state index in [0.29, 0.717) is 13.2 Å². The van der Waals surface area contributed by atoms with Gasteiger partial charge in [0.1, 0.15) is 18.2 Å². The van der Waals surface area contributed by atoms with Gasteiger partial charge in [-0.1, -0.05) is 48.5 Å². The van der Waals surface area contributed by atoms with Crippen LogP contribution >= 0.6 is 12.4 Å². The number of hydrogen-bond acceptors (Lipinski definition) is 4. The van der Waals surface area contributed by atoms with Gasteiger partial charge in [0.15, 0.2) is 11.5 Å². The summed E-state index contributed by atoms with van der Waals surface area (Å²) in [7, 11) is 3.28. The molecule has 0 aliphatic heterocycles. The summed E-state index contributed by atoms with van der Waals surface area (Å²) in [5, 5.41) is 5.88. The highest BCUT2D eigenvalue weighted by molar-refractivity contribution is 5.87. The number of methoxy groups -OCH3 is 2. The van der Waals surface area contributed by atoms with Crippen molar-refractivity contribution in [2.45, 2.75) is 19.6 Å². The predicted octanol–water partition coefficient (Wildman–Crippen LogP) is 6.33. The fourth-order valence-corrected chi connectivity index (χ4v) is 3.86. The quantitative estimate of drug-likeness (QED) is 0.269. The van der Waals surface area contributed by atoms with Gasteiger partial charge >= 0.3 is 0 Å². The van der Waals surface area contributed by atoms with E-state index in [1.54, 1.807) is 26.4 Å². The second-order valence-electron chi connectivity index (χ2n) is 7.79. The molecular weight excluding hydrogens is 453 g/mol. The normalized spacial score (nSPS) is 10.6. The molecule has 0 saturated heterocycles. The third kappa shape index (κ3) is 6.19. The first kappa shape index (κ1) is 25.3. The third-order valence-corrected chi connectivity index (χ3v) is 5.65. The van der Waals surface area contributed by atoms with E-state index in [4.69, 9.17) is 14.2 Å². The number of benzene rings is 4. The Bertz CT molecular complexity index is 1210. The van der Waals surface area contributed by atoms with Gasteiger partial charge < -0.3 is 19.5 Å². The van der Waals surface area contributed by atoms with Gasteiger partial charge in [0, 0.05) is 12.1 Å². The lowest BCUT2D eigenvalue weighted by atomic mass is 10.0. The molecule has 0 fully saturated rings. The lowest BCUT2D eigenvalue weighted by Gasteiger charge is -2.15. The maximum atomic E-state index is 13.2. The largest absolute Gasteiger partial charge is 0.493 e. The Kier molecular flexibility index (Phi) is 9.14. The third-order valence-electron chi connectivity index (χ3n) is 5.65. The first-order chi connectivity index (χ1) is 16.2. The summed E-state index contributed by atoms with van der Waals surface area (Å²) in [6.45, 7) is 1.86. The van der Waals surface area contributed by atoms with Gasteiger partial charge in [0.2, 0.25) is 0 Å². The van der Waals surface area contributed by atoms with Gasteiger partial charge in [0.05, 0.1) is 14.2 Å². The molecule has 0 bridgehead atoms. The Morgan fingerprint density at radius 2 is 1.47 bits per heavy atom. The van der Waals surface area contributed by atoms with Crippen molar-refractivity contribution in [2.75, 3.05) is 20.8 Å². The first-order valence-electron chi connectivity index (χ1n) is 11.0. The van der Waals surface area contributed by atoms with Gasteiger partial charge in [0.25, 0.3) is 0 Å². The zero-order chi connectivity index (χ0) is 23.0. The molecule has 0 radical (unpaired) electrons. The van der Waals surface area contributed by atoms with Gasteiger partial charge in [-0.15, -0.1) is 12.4 Å². The van der Waals surface area contributed by atoms with E-state index in [9.17, 15) is 4.39 Å².